The maximum Gasteiger partial charge on any atom is 0.264 e. The Hall–Kier alpha value is -5.10. The number of benzene rings is 4. The van der Waals surface area contributed by atoms with Gasteiger partial charge in [-0.05, 0) is 66.3 Å². The molecule has 0 saturated carbocycles. The quantitative estimate of drug-likeness (QED) is 0.139. The number of methoxy groups -OCH3 is 1. The first-order chi connectivity index (χ1) is 27.1. The Balaban J connectivity index is 1.19. The molecule has 8 rings (SSSR count). The van der Waals surface area contributed by atoms with Crippen molar-refractivity contribution in [2.45, 2.75) is 82.0 Å². The van der Waals surface area contributed by atoms with Gasteiger partial charge in [-0.3, -0.25) is 14.3 Å². The number of carbonyl (C=O) groups excluding carboxylic acids is 2. The molecular weight excluding hydrogens is 719 g/mol. The molecule has 3 aliphatic heterocycles. The van der Waals surface area contributed by atoms with Gasteiger partial charge in [-0.15, -0.1) is 5.10 Å². The SMILES string of the molecule is COc1ccc([Si](C)(C)[C@H]2[C@H](CCn3cc(C(CO)c4ccccc4)nn3)O[C@@]3(C(=O)N(Cc4ccccc4)c4ccc(N5CCCCC5=O)cc43)[C@@H]2C)cc1. The standard InChI is InChI=1S/C45H51N5O5Si/c1-31-43(56(3,4)36-21-19-35(54-2)20-22-36)41(24-26-48-29-39(46-47-48)37(30-51)33-15-9-6-10-16-33)55-45(31)38-27-34(49-25-12-11-17-42(49)52)18-23-40(38)50(44(45)53)28-32-13-7-5-8-14-32/h5-10,13-16,18-23,27,29,31,37,41,43,51H,11-12,17,24-26,28,30H2,1-4H3/t31-,37?,41+,43-,45+/m1/s1. The Morgan fingerprint density at radius 2 is 1.70 bits per heavy atom. The highest BCUT2D eigenvalue weighted by Gasteiger charge is 2.66. The monoisotopic (exact) mass is 769 g/mol. The molecular formula is C45H51N5O5Si. The Labute approximate surface area is 330 Å². The Kier molecular flexibility index (Phi) is 10.4. The molecule has 4 heterocycles. The van der Waals surface area contributed by atoms with Gasteiger partial charge in [0.05, 0.1) is 51.7 Å². The fraction of sp³-hybridized carbons (Fsp3) is 0.378. The molecule has 0 radical (unpaired) electrons. The number of hydrogen-bond acceptors (Lipinski definition) is 7. The lowest BCUT2D eigenvalue weighted by Gasteiger charge is -2.37. The summed E-state index contributed by atoms with van der Waals surface area (Å²) in [4.78, 5) is 32.4. The number of carbonyl (C=O) groups is 2. The number of anilines is 2. The van der Waals surface area contributed by atoms with Crippen LogP contribution in [0.1, 0.15) is 60.9 Å². The lowest BCUT2D eigenvalue weighted by atomic mass is 9.82. The largest absolute Gasteiger partial charge is 0.497 e. The van der Waals surface area contributed by atoms with Gasteiger partial charge in [0.25, 0.3) is 5.91 Å². The van der Waals surface area contributed by atoms with Crippen molar-refractivity contribution in [3.63, 3.8) is 0 Å². The van der Waals surface area contributed by atoms with Gasteiger partial charge in [0.1, 0.15) is 5.75 Å². The van der Waals surface area contributed by atoms with Crippen molar-refractivity contribution in [3.05, 3.63) is 132 Å². The zero-order valence-corrected chi connectivity index (χ0v) is 33.7. The highest BCUT2D eigenvalue weighted by atomic mass is 28.3. The molecule has 1 spiro atoms. The minimum Gasteiger partial charge on any atom is -0.497 e. The summed E-state index contributed by atoms with van der Waals surface area (Å²) in [5, 5.41) is 20.6. The second-order valence-corrected chi connectivity index (χ2v) is 20.8. The summed E-state index contributed by atoms with van der Waals surface area (Å²) in [5.74, 6) is 0.378. The van der Waals surface area contributed by atoms with Crippen LogP contribution in [-0.4, -0.2) is 66.4 Å². The van der Waals surface area contributed by atoms with Crippen molar-refractivity contribution < 1.29 is 24.2 Å². The van der Waals surface area contributed by atoms with Crippen molar-refractivity contribution in [3.8, 4) is 5.75 Å². The molecule has 1 unspecified atom stereocenters. The number of hydrogen-bond donors (Lipinski definition) is 1. The van der Waals surface area contributed by atoms with E-state index in [0.717, 1.165) is 46.7 Å². The highest BCUT2D eigenvalue weighted by Crippen LogP contribution is 2.60. The molecule has 2 fully saturated rings. The van der Waals surface area contributed by atoms with Crippen molar-refractivity contribution in [2.24, 2.45) is 5.92 Å². The average molecular weight is 770 g/mol. The van der Waals surface area contributed by atoms with Gasteiger partial charge in [0, 0.05) is 42.9 Å². The molecule has 3 aliphatic rings. The molecule has 10 nitrogen and oxygen atoms in total. The molecule has 2 amide bonds. The molecule has 5 atom stereocenters. The van der Waals surface area contributed by atoms with Crippen molar-refractivity contribution in [2.75, 3.05) is 30.1 Å². The zero-order valence-electron chi connectivity index (χ0n) is 32.7. The van der Waals surface area contributed by atoms with E-state index in [2.05, 4.69) is 60.7 Å². The number of aliphatic hydroxyl groups excluding tert-OH is 1. The smallest absolute Gasteiger partial charge is 0.264 e. The van der Waals surface area contributed by atoms with Gasteiger partial charge in [-0.1, -0.05) is 103 Å². The summed E-state index contributed by atoms with van der Waals surface area (Å²) in [6.45, 7) is 8.49. The summed E-state index contributed by atoms with van der Waals surface area (Å²) in [7, 11) is -0.721. The molecule has 56 heavy (non-hydrogen) atoms. The summed E-state index contributed by atoms with van der Waals surface area (Å²) in [6.07, 6.45) is 4.59. The maximum absolute atomic E-state index is 15.4. The van der Waals surface area contributed by atoms with Crippen LogP contribution < -0.4 is 19.7 Å². The average Bonchev–Trinajstić information content (AvgIpc) is 3.88. The van der Waals surface area contributed by atoms with Gasteiger partial charge in [-0.2, -0.15) is 0 Å². The third kappa shape index (κ3) is 6.65. The van der Waals surface area contributed by atoms with Gasteiger partial charge >= 0.3 is 0 Å². The van der Waals surface area contributed by atoms with E-state index >= 15 is 4.79 Å². The highest BCUT2D eigenvalue weighted by molar-refractivity contribution is 6.91. The first kappa shape index (κ1) is 37.8. The van der Waals surface area contributed by atoms with E-state index in [1.54, 1.807) is 7.11 Å². The first-order valence-electron chi connectivity index (χ1n) is 19.8. The number of amides is 2. The minimum atomic E-state index is -2.40. The Morgan fingerprint density at radius 3 is 2.39 bits per heavy atom. The van der Waals surface area contributed by atoms with Crippen LogP contribution in [0.25, 0.3) is 0 Å². The number of piperidine rings is 1. The molecule has 2 saturated heterocycles. The molecule has 290 valence electrons. The Morgan fingerprint density at radius 1 is 0.964 bits per heavy atom. The molecule has 1 aromatic heterocycles. The minimum absolute atomic E-state index is 0.0298. The number of aryl methyl sites for hydroxylation is 1. The van der Waals surface area contributed by atoms with Crippen LogP contribution in [-0.2, 0) is 33.0 Å². The fourth-order valence-corrected chi connectivity index (χ4v) is 13.7. The van der Waals surface area contributed by atoms with Crippen LogP contribution in [0.3, 0.4) is 0 Å². The van der Waals surface area contributed by atoms with Crippen LogP contribution in [0.4, 0.5) is 11.4 Å². The van der Waals surface area contributed by atoms with E-state index in [-0.39, 0.29) is 41.9 Å². The second kappa shape index (κ2) is 15.4. The summed E-state index contributed by atoms with van der Waals surface area (Å²) < 4.78 is 14.8. The van der Waals surface area contributed by atoms with E-state index in [4.69, 9.17) is 9.47 Å². The third-order valence-corrected chi connectivity index (χ3v) is 16.9. The van der Waals surface area contributed by atoms with Crippen LogP contribution in [0.15, 0.2) is 109 Å². The molecule has 1 N–H and O–H groups in total. The third-order valence-electron chi connectivity index (χ3n) is 12.6. The first-order valence-corrected chi connectivity index (χ1v) is 22.9. The fourth-order valence-electron chi connectivity index (χ4n) is 9.64. The second-order valence-electron chi connectivity index (χ2n) is 16.1. The molecule has 0 aliphatic carbocycles. The van der Waals surface area contributed by atoms with E-state index in [1.165, 1.54) is 5.19 Å². The normalized spacial score (nSPS) is 22.8. The van der Waals surface area contributed by atoms with E-state index in [9.17, 15) is 9.90 Å². The number of fused-ring (bicyclic) bond motifs is 2. The van der Waals surface area contributed by atoms with Crippen molar-refractivity contribution in [1.29, 1.82) is 0 Å². The maximum atomic E-state index is 15.4. The molecule has 11 heteroatoms. The van der Waals surface area contributed by atoms with Gasteiger partial charge < -0.3 is 24.4 Å². The molecule has 4 aromatic carbocycles. The lowest BCUT2D eigenvalue weighted by molar-refractivity contribution is -0.146. The Bertz CT molecular complexity index is 2180. The van der Waals surface area contributed by atoms with Crippen molar-refractivity contribution in [1.82, 2.24) is 15.0 Å². The van der Waals surface area contributed by atoms with E-state index in [0.29, 0.717) is 38.2 Å². The number of nitrogens with zero attached hydrogens (tertiary/aromatic N) is 5. The predicted octanol–water partition coefficient (Wildman–Crippen LogP) is 6.78. The van der Waals surface area contributed by atoms with Gasteiger partial charge in [0.15, 0.2) is 5.60 Å². The summed E-state index contributed by atoms with van der Waals surface area (Å²) >= 11 is 0. The van der Waals surface area contributed by atoms with Crippen LogP contribution in [0, 0.1) is 5.92 Å². The van der Waals surface area contributed by atoms with E-state index in [1.807, 2.05) is 93.5 Å². The number of aliphatic hydroxyl groups is 1. The number of aromatic nitrogens is 3. The van der Waals surface area contributed by atoms with Gasteiger partial charge in [0.2, 0.25) is 5.91 Å². The van der Waals surface area contributed by atoms with Gasteiger partial charge in [-0.25, -0.2) is 0 Å². The predicted molar refractivity (Wildman–Crippen MR) is 220 cm³/mol. The molecule has 5 aromatic rings. The topological polar surface area (TPSA) is 110 Å². The lowest BCUT2D eigenvalue weighted by Crippen LogP contribution is -2.51. The van der Waals surface area contributed by atoms with Crippen LogP contribution in [0.5, 0.6) is 5.75 Å². The number of ether oxygens (including phenoxy) is 2. The zero-order chi connectivity index (χ0) is 39.0. The summed E-state index contributed by atoms with van der Waals surface area (Å²) in [5.41, 5.74) is 3.98. The molecule has 0 bridgehead atoms. The van der Waals surface area contributed by atoms with Crippen molar-refractivity contribution >= 4 is 36.4 Å². The summed E-state index contributed by atoms with van der Waals surface area (Å²) in [6, 6.07) is 34.4. The van der Waals surface area contributed by atoms with E-state index < -0.39 is 13.7 Å². The van der Waals surface area contributed by atoms with Crippen LogP contribution >= 0.6 is 0 Å². The number of rotatable bonds is 12. The van der Waals surface area contributed by atoms with Crippen LogP contribution in [0.2, 0.25) is 18.6 Å².